The van der Waals surface area contributed by atoms with E-state index in [1.807, 2.05) is 12.1 Å². The van der Waals surface area contributed by atoms with E-state index in [2.05, 4.69) is 29.7 Å². The fourth-order valence-electron chi connectivity index (χ4n) is 2.38. The minimum Gasteiger partial charge on any atom is -0.384 e. The van der Waals surface area contributed by atoms with E-state index in [9.17, 15) is 4.79 Å². The molecule has 4 nitrogen and oxygen atoms in total. The van der Waals surface area contributed by atoms with Crippen molar-refractivity contribution in [1.82, 2.24) is 10.6 Å². The van der Waals surface area contributed by atoms with Gasteiger partial charge in [0, 0.05) is 20.2 Å². The first-order chi connectivity index (χ1) is 9.20. The van der Waals surface area contributed by atoms with Crippen LogP contribution >= 0.6 is 0 Å². The molecule has 2 rings (SSSR count). The number of benzene rings is 1. The average Bonchev–Trinajstić information content (AvgIpc) is 2.44. The number of hydrogen-bond donors (Lipinski definition) is 2. The van der Waals surface area contributed by atoms with E-state index >= 15 is 0 Å². The summed E-state index contributed by atoms with van der Waals surface area (Å²) in [5.74, 6) is 0.419. The van der Waals surface area contributed by atoms with E-state index in [0.717, 1.165) is 13.0 Å². The van der Waals surface area contributed by atoms with Gasteiger partial charge in [0.25, 0.3) is 0 Å². The minimum absolute atomic E-state index is 0.0810. The predicted molar refractivity (Wildman–Crippen MR) is 74.8 cm³/mol. The van der Waals surface area contributed by atoms with Gasteiger partial charge < -0.3 is 15.4 Å². The van der Waals surface area contributed by atoms with Crippen LogP contribution in [0.4, 0.5) is 0 Å². The zero-order valence-electron chi connectivity index (χ0n) is 11.6. The Labute approximate surface area is 114 Å². The molecular formula is C15H22N2O2. The SMILES string of the molecule is COCC(C)CNC(=O)C1Cc2ccccc2CN1. The fourth-order valence-corrected chi connectivity index (χ4v) is 2.38. The summed E-state index contributed by atoms with van der Waals surface area (Å²) in [6.45, 7) is 4.16. The second-order valence-corrected chi connectivity index (χ2v) is 5.21. The van der Waals surface area contributed by atoms with Gasteiger partial charge in [0.1, 0.15) is 0 Å². The van der Waals surface area contributed by atoms with Crippen molar-refractivity contribution in [2.24, 2.45) is 5.92 Å². The molecule has 0 aliphatic carbocycles. The Morgan fingerprint density at radius 1 is 1.47 bits per heavy atom. The molecule has 1 aliphatic rings. The first kappa shape index (κ1) is 14.0. The van der Waals surface area contributed by atoms with E-state index in [1.54, 1.807) is 7.11 Å². The largest absolute Gasteiger partial charge is 0.384 e. The van der Waals surface area contributed by atoms with Crippen LogP contribution in [-0.4, -0.2) is 32.2 Å². The van der Waals surface area contributed by atoms with Crippen LogP contribution in [0.5, 0.6) is 0 Å². The van der Waals surface area contributed by atoms with Gasteiger partial charge in [0.2, 0.25) is 5.91 Å². The van der Waals surface area contributed by atoms with Crippen LogP contribution in [-0.2, 0) is 22.5 Å². The summed E-state index contributed by atoms with van der Waals surface area (Å²) in [5, 5.41) is 6.27. The molecule has 1 heterocycles. The molecule has 1 aliphatic heterocycles. The van der Waals surface area contributed by atoms with Crippen molar-refractivity contribution in [1.29, 1.82) is 0 Å². The summed E-state index contributed by atoms with van der Waals surface area (Å²) in [6.07, 6.45) is 0.765. The van der Waals surface area contributed by atoms with Crippen LogP contribution in [0.3, 0.4) is 0 Å². The molecule has 0 fully saturated rings. The number of carbonyl (C=O) groups excluding carboxylic acids is 1. The van der Waals surface area contributed by atoms with Crippen molar-refractivity contribution in [3.05, 3.63) is 35.4 Å². The summed E-state index contributed by atoms with van der Waals surface area (Å²) >= 11 is 0. The van der Waals surface area contributed by atoms with Crippen molar-refractivity contribution in [2.45, 2.75) is 25.9 Å². The van der Waals surface area contributed by atoms with Crippen molar-refractivity contribution >= 4 is 5.91 Å². The number of carbonyl (C=O) groups is 1. The highest BCUT2D eigenvalue weighted by Crippen LogP contribution is 2.16. The second-order valence-electron chi connectivity index (χ2n) is 5.21. The maximum atomic E-state index is 12.1. The third-order valence-corrected chi connectivity index (χ3v) is 3.47. The van der Waals surface area contributed by atoms with Crippen LogP contribution < -0.4 is 10.6 Å². The first-order valence-corrected chi connectivity index (χ1v) is 6.77. The van der Waals surface area contributed by atoms with Crippen molar-refractivity contribution < 1.29 is 9.53 Å². The molecule has 2 unspecified atom stereocenters. The molecule has 0 saturated carbocycles. The van der Waals surface area contributed by atoms with Gasteiger partial charge in [-0.2, -0.15) is 0 Å². The number of fused-ring (bicyclic) bond motifs is 1. The van der Waals surface area contributed by atoms with Crippen LogP contribution in [0.25, 0.3) is 0 Å². The lowest BCUT2D eigenvalue weighted by Crippen LogP contribution is -2.48. The zero-order valence-corrected chi connectivity index (χ0v) is 11.6. The molecule has 1 aromatic carbocycles. The summed E-state index contributed by atoms with van der Waals surface area (Å²) in [7, 11) is 1.68. The second kappa shape index (κ2) is 6.68. The van der Waals surface area contributed by atoms with E-state index in [1.165, 1.54) is 11.1 Å². The van der Waals surface area contributed by atoms with Gasteiger partial charge in [-0.25, -0.2) is 0 Å². The predicted octanol–water partition coefficient (Wildman–Crippen LogP) is 1.10. The third-order valence-electron chi connectivity index (χ3n) is 3.47. The maximum absolute atomic E-state index is 12.1. The normalized spacial score (nSPS) is 19.6. The third kappa shape index (κ3) is 3.78. The number of methoxy groups -OCH3 is 1. The molecule has 2 atom stereocenters. The summed E-state index contributed by atoms with van der Waals surface area (Å²) in [6, 6.07) is 8.15. The molecule has 0 spiro atoms. The Bertz CT molecular complexity index is 434. The molecule has 19 heavy (non-hydrogen) atoms. The van der Waals surface area contributed by atoms with Crippen LogP contribution in [0.15, 0.2) is 24.3 Å². The molecule has 0 radical (unpaired) electrons. The number of ether oxygens (including phenoxy) is 1. The molecule has 0 bridgehead atoms. The molecule has 104 valence electrons. The van der Waals surface area contributed by atoms with Gasteiger partial charge >= 0.3 is 0 Å². The standard InChI is InChI=1S/C15H22N2O2/c1-11(10-19-2)8-17-15(18)14-7-12-5-3-4-6-13(12)9-16-14/h3-6,11,14,16H,7-10H2,1-2H3,(H,17,18). The van der Waals surface area contributed by atoms with Gasteiger partial charge in [-0.05, 0) is 23.5 Å². The van der Waals surface area contributed by atoms with E-state index in [0.29, 0.717) is 19.1 Å². The van der Waals surface area contributed by atoms with E-state index < -0.39 is 0 Å². The minimum atomic E-state index is -0.121. The van der Waals surface area contributed by atoms with Crippen molar-refractivity contribution in [2.75, 3.05) is 20.3 Å². The molecule has 0 aromatic heterocycles. The lowest BCUT2D eigenvalue weighted by molar-refractivity contribution is -0.123. The highest BCUT2D eigenvalue weighted by molar-refractivity contribution is 5.82. The Morgan fingerprint density at radius 3 is 2.95 bits per heavy atom. The molecule has 2 N–H and O–H groups in total. The lowest BCUT2D eigenvalue weighted by atomic mass is 9.95. The lowest BCUT2D eigenvalue weighted by Gasteiger charge is -2.25. The molecule has 1 aromatic rings. The first-order valence-electron chi connectivity index (χ1n) is 6.77. The highest BCUT2D eigenvalue weighted by atomic mass is 16.5. The van der Waals surface area contributed by atoms with Gasteiger partial charge in [0.15, 0.2) is 0 Å². The van der Waals surface area contributed by atoms with Crippen molar-refractivity contribution in [3.8, 4) is 0 Å². The quantitative estimate of drug-likeness (QED) is 0.835. The Morgan fingerprint density at radius 2 is 2.21 bits per heavy atom. The van der Waals surface area contributed by atoms with Gasteiger partial charge in [0.05, 0.1) is 12.6 Å². The number of nitrogens with one attached hydrogen (secondary N) is 2. The number of rotatable bonds is 5. The zero-order chi connectivity index (χ0) is 13.7. The topological polar surface area (TPSA) is 50.4 Å². The molecule has 1 amide bonds. The molecular weight excluding hydrogens is 240 g/mol. The summed E-state index contributed by atoms with van der Waals surface area (Å²) in [4.78, 5) is 12.1. The molecule has 4 heteroatoms. The highest BCUT2D eigenvalue weighted by Gasteiger charge is 2.23. The van der Waals surface area contributed by atoms with Gasteiger partial charge in [-0.3, -0.25) is 4.79 Å². The smallest absolute Gasteiger partial charge is 0.237 e. The average molecular weight is 262 g/mol. The monoisotopic (exact) mass is 262 g/mol. The van der Waals surface area contributed by atoms with E-state index in [-0.39, 0.29) is 11.9 Å². The molecule has 0 saturated heterocycles. The number of amides is 1. The van der Waals surface area contributed by atoms with E-state index in [4.69, 9.17) is 4.74 Å². The van der Waals surface area contributed by atoms with Crippen LogP contribution in [0, 0.1) is 5.92 Å². The van der Waals surface area contributed by atoms with Crippen LogP contribution in [0.1, 0.15) is 18.1 Å². The Kier molecular flexibility index (Phi) is 4.93. The summed E-state index contributed by atoms with van der Waals surface area (Å²) < 4.78 is 5.06. The summed E-state index contributed by atoms with van der Waals surface area (Å²) in [5.41, 5.74) is 2.56. The van der Waals surface area contributed by atoms with Crippen molar-refractivity contribution in [3.63, 3.8) is 0 Å². The van der Waals surface area contributed by atoms with Gasteiger partial charge in [-0.1, -0.05) is 31.2 Å². The van der Waals surface area contributed by atoms with Crippen LogP contribution in [0.2, 0.25) is 0 Å². The Hall–Kier alpha value is -1.39. The van der Waals surface area contributed by atoms with Gasteiger partial charge in [-0.15, -0.1) is 0 Å². The number of hydrogen-bond acceptors (Lipinski definition) is 3. The Balaban J connectivity index is 1.85. The maximum Gasteiger partial charge on any atom is 0.237 e. The fraction of sp³-hybridized carbons (Fsp3) is 0.533.